The molecule has 0 aliphatic heterocycles. The van der Waals surface area contributed by atoms with Crippen LogP contribution in [0.25, 0.3) is 0 Å². The largest absolute Gasteiger partial charge is 0.343 e. The van der Waals surface area contributed by atoms with E-state index in [1.807, 2.05) is 0 Å². The molecule has 0 saturated heterocycles. The lowest BCUT2D eigenvalue weighted by Crippen LogP contribution is -2.44. The van der Waals surface area contributed by atoms with Crippen molar-refractivity contribution in [2.24, 2.45) is 0 Å². The van der Waals surface area contributed by atoms with Crippen LogP contribution in [0, 0.1) is 0 Å². The number of aryl methyl sites for hydroxylation is 1. The summed E-state index contributed by atoms with van der Waals surface area (Å²) in [6.45, 7) is 7.68. The highest BCUT2D eigenvalue weighted by Gasteiger charge is 2.08. The Kier molecular flexibility index (Phi) is 14.6. The van der Waals surface area contributed by atoms with E-state index in [-0.39, 0.29) is 6.17 Å². The lowest BCUT2D eigenvalue weighted by atomic mass is 10.0. The molecule has 0 fully saturated rings. The van der Waals surface area contributed by atoms with E-state index in [2.05, 4.69) is 60.7 Å². The van der Waals surface area contributed by atoms with Crippen LogP contribution in [-0.2, 0) is 17.6 Å². The standard InChI is InChI=1S/C24H43N3O/c1-4-6-8-10-18-27(3)19-11-17-25-24(26-21-28)20-23-15-13-22(14-16-23)12-9-7-5-2/h13-16,21,24-25H,4-12,17-20H2,1-3H3,(H,26,28)/t24-/m1/s1. The molecular weight excluding hydrogens is 346 g/mol. The molecule has 1 rings (SSSR count). The van der Waals surface area contributed by atoms with E-state index in [0.29, 0.717) is 0 Å². The van der Waals surface area contributed by atoms with Gasteiger partial charge in [0, 0.05) is 6.42 Å². The molecule has 160 valence electrons. The highest BCUT2D eigenvalue weighted by atomic mass is 16.1. The Labute approximate surface area is 173 Å². The maximum absolute atomic E-state index is 11.0. The molecule has 2 N–H and O–H groups in total. The Hall–Kier alpha value is -1.39. The first-order valence-corrected chi connectivity index (χ1v) is 11.4. The summed E-state index contributed by atoms with van der Waals surface area (Å²) in [6, 6.07) is 8.87. The van der Waals surface area contributed by atoms with E-state index >= 15 is 0 Å². The number of hydrogen-bond acceptors (Lipinski definition) is 3. The van der Waals surface area contributed by atoms with Gasteiger partial charge in [-0.15, -0.1) is 0 Å². The lowest BCUT2D eigenvalue weighted by molar-refractivity contribution is -0.110. The van der Waals surface area contributed by atoms with Crippen LogP contribution in [0.3, 0.4) is 0 Å². The molecule has 4 heteroatoms. The Balaban J connectivity index is 2.28. The van der Waals surface area contributed by atoms with Gasteiger partial charge >= 0.3 is 0 Å². The van der Waals surface area contributed by atoms with Gasteiger partial charge in [0.15, 0.2) is 0 Å². The number of hydrogen-bond donors (Lipinski definition) is 2. The zero-order valence-electron chi connectivity index (χ0n) is 18.5. The number of amides is 1. The third kappa shape index (κ3) is 12.1. The molecule has 0 aliphatic rings. The molecule has 0 unspecified atom stereocenters. The second kappa shape index (κ2) is 16.6. The maximum Gasteiger partial charge on any atom is 0.208 e. The Morgan fingerprint density at radius 3 is 2.21 bits per heavy atom. The van der Waals surface area contributed by atoms with E-state index in [9.17, 15) is 4.79 Å². The van der Waals surface area contributed by atoms with Gasteiger partial charge in [0.2, 0.25) is 6.41 Å². The molecule has 0 radical (unpaired) electrons. The predicted molar refractivity (Wildman–Crippen MR) is 121 cm³/mol. The third-order valence-corrected chi connectivity index (χ3v) is 5.30. The summed E-state index contributed by atoms with van der Waals surface area (Å²) in [7, 11) is 2.20. The quantitative estimate of drug-likeness (QED) is 0.220. The van der Waals surface area contributed by atoms with Crippen molar-refractivity contribution in [2.45, 2.75) is 84.2 Å². The SMILES string of the molecule is CCCCCCN(C)CCCN[C@@H](Cc1ccc(CCCCC)cc1)NC=O. The number of rotatable bonds is 18. The fraction of sp³-hybridized carbons (Fsp3) is 0.708. The molecule has 0 aliphatic carbocycles. The molecule has 0 spiro atoms. The summed E-state index contributed by atoms with van der Waals surface area (Å²) >= 11 is 0. The van der Waals surface area contributed by atoms with Gasteiger partial charge in [-0.1, -0.05) is 70.2 Å². The highest BCUT2D eigenvalue weighted by Crippen LogP contribution is 2.10. The summed E-state index contributed by atoms with van der Waals surface area (Å²) in [6.07, 6.45) is 13.0. The topological polar surface area (TPSA) is 44.4 Å². The molecule has 0 aromatic heterocycles. The second-order valence-corrected chi connectivity index (χ2v) is 7.99. The second-order valence-electron chi connectivity index (χ2n) is 7.99. The van der Waals surface area contributed by atoms with Crippen LogP contribution in [0.1, 0.15) is 76.3 Å². The van der Waals surface area contributed by atoms with Gasteiger partial charge < -0.3 is 10.2 Å². The minimum absolute atomic E-state index is 0.00157. The van der Waals surface area contributed by atoms with Crippen molar-refractivity contribution in [2.75, 3.05) is 26.7 Å². The number of benzene rings is 1. The Bertz CT molecular complexity index is 489. The van der Waals surface area contributed by atoms with Crippen molar-refractivity contribution in [3.05, 3.63) is 35.4 Å². The normalized spacial score (nSPS) is 12.3. The van der Waals surface area contributed by atoms with E-state index < -0.39 is 0 Å². The molecule has 0 saturated carbocycles. The van der Waals surface area contributed by atoms with Gasteiger partial charge in [0.1, 0.15) is 0 Å². The number of nitrogens with one attached hydrogen (secondary N) is 2. The molecule has 0 bridgehead atoms. The summed E-state index contributed by atoms with van der Waals surface area (Å²) in [5.74, 6) is 0. The first-order valence-electron chi connectivity index (χ1n) is 11.4. The summed E-state index contributed by atoms with van der Waals surface area (Å²) in [5.41, 5.74) is 2.67. The monoisotopic (exact) mass is 389 g/mol. The first kappa shape index (κ1) is 24.6. The van der Waals surface area contributed by atoms with Crippen molar-refractivity contribution in [1.82, 2.24) is 15.5 Å². The zero-order valence-corrected chi connectivity index (χ0v) is 18.5. The summed E-state index contributed by atoms with van der Waals surface area (Å²) < 4.78 is 0. The fourth-order valence-corrected chi connectivity index (χ4v) is 3.47. The van der Waals surface area contributed by atoms with Crippen LogP contribution in [0.15, 0.2) is 24.3 Å². The minimum atomic E-state index is -0.00157. The maximum atomic E-state index is 11.0. The number of carbonyl (C=O) groups is 1. The van der Waals surface area contributed by atoms with E-state index in [0.717, 1.165) is 38.8 Å². The molecule has 1 aromatic rings. The lowest BCUT2D eigenvalue weighted by Gasteiger charge is -2.20. The van der Waals surface area contributed by atoms with Gasteiger partial charge in [-0.05, 0) is 63.5 Å². The minimum Gasteiger partial charge on any atom is -0.343 e. The van der Waals surface area contributed by atoms with Crippen molar-refractivity contribution in [3.63, 3.8) is 0 Å². The molecule has 4 nitrogen and oxygen atoms in total. The fourth-order valence-electron chi connectivity index (χ4n) is 3.47. The van der Waals surface area contributed by atoms with Gasteiger partial charge in [-0.2, -0.15) is 0 Å². The average Bonchev–Trinajstić information content (AvgIpc) is 2.70. The predicted octanol–water partition coefficient (Wildman–Crippen LogP) is 4.53. The van der Waals surface area contributed by atoms with E-state index in [1.54, 1.807) is 0 Å². The molecule has 28 heavy (non-hydrogen) atoms. The van der Waals surface area contributed by atoms with Crippen LogP contribution >= 0.6 is 0 Å². The number of nitrogens with zero attached hydrogens (tertiary/aromatic N) is 1. The molecule has 1 aromatic carbocycles. The summed E-state index contributed by atoms with van der Waals surface area (Å²) in [5, 5.41) is 6.41. The van der Waals surface area contributed by atoms with Gasteiger partial charge in [-0.25, -0.2) is 0 Å². The van der Waals surface area contributed by atoms with Gasteiger partial charge in [0.25, 0.3) is 0 Å². The van der Waals surface area contributed by atoms with Crippen molar-refractivity contribution >= 4 is 6.41 Å². The van der Waals surface area contributed by atoms with Crippen molar-refractivity contribution in [1.29, 1.82) is 0 Å². The first-order chi connectivity index (χ1) is 13.7. The molecule has 0 heterocycles. The number of unbranched alkanes of at least 4 members (excludes halogenated alkanes) is 5. The molecule has 1 atom stereocenters. The van der Waals surface area contributed by atoms with Crippen molar-refractivity contribution in [3.8, 4) is 0 Å². The van der Waals surface area contributed by atoms with Crippen LogP contribution in [-0.4, -0.2) is 44.2 Å². The van der Waals surface area contributed by atoms with Crippen LogP contribution in [0.4, 0.5) is 0 Å². The van der Waals surface area contributed by atoms with Crippen LogP contribution < -0.4 is 10.6 Å². The Morgan fingerprint density at radius 1 is 0.893 bits per heavy atom. The van der Waals surface area contributed by atoms with E-state index in [1.165, 1.54) is 62.6 Å². The van der Waals surface area contributed by atoms with Gasteiger partial charge in [-0.3, -0.25) is 10.1 Å². The molecule has 1 amide bonds. The smallest absolute Gasteiger partial charge is 0.208 e. The Morgan fingerprint density at radius 2 is 1.54 bits per heavy atom. The van der Waals surface area contributed by atoms with E-state index in [4.69, 9.17) is 0 Å². The van der Waals surface area contributed by atoms with Gasteiger partial charge in [0.05, 0.1) is 6.17 Å². The van der Waals surface area contributed by atoms with Crippen molar-refractivity contribution < 1.29 is 4.79 Å². The average molecular weight is 390 g/mol. The van der Waals surface area contributed by atoms with Crippen LogP contribution in [0.2, 0.25) is 0 Å². The zero-order chi connectivity index (χ0) is 20.5. The highest BCUT2D eigenvalue weighted by molar-refractivity contribution is 5.46. The van der Waals surface area contributed by atoms with Crippen LogP contribution in [0.5, 0.6) is 0 Å². The summed E-state index contributed by atoms with van der Waals surface area (Å²) in [4.78, 5) is 13.4. The molecular formula is C24H43N3O. The third-order valence-electron chi connectivity index (χ3n) is 5.30. The number of carbonyl (C=O) groups excluding carboxylic acids is 1.